The van der Waals surface area contributed by atoms with Gasteiger partial charge in [0.05, 0.1) is 23.5 Å². The Labute approximate surface area is 110 Å². The number of methoxy groups -OCH3 is 1. The van der Waals surface area contributed by atoms with Gasteiger partial charge >= 0.3 is 0 Å². The topological polar surface area (TPSA) is 64.9 Å². The molecule has 0 aliphatic heterocycles. The van der Waals surface area contributed by atoms with Crippen LogP contribution in [0.4, 0.5) is 5.82 Å². The minimum absolute atomic E-state index is 0.530. The molecule has 0 unspecified atom stereocenters. The highest BCUT2D eigenvalue weighted by Gasteiger charge is 2.18. The number of ether oxygens (including phenoxy) is 1. The number of aryl methyl sites for hydroxylation is 1. The maximum absolute atomic E-state index is 6.13. The fourth-order valence-corrected chi connectivity index (χ4v) is 1.83. The summed E-state index contributed by atoms with van der Waals surface area (Å²) in [4.78, 5) is 8.30. The molecular formula is C11H14ClN5O. The number of halogens is 1. The molecule has 0 spiro atoms. The molecule has 2 heterocycles. The van der Waals surface area contributed by atoms with Crippen LogP contribution in [0.1, 0.15) is 11.4 Å². The molecule has 96 valence electrons. The third-order valence-corrected chi connectivity index (χ3v) is 3.18. The number of hydrogen-bond donors (Lipinski definition) is 1. The summed E-state index contributed by atoms with van der Waals surface area (Å²) in [5.41, 5.74) is 1.56. The Morgan fingerprint density at radius 3 is 2.56 bits per heavy atom. The van der Waals surface area contributed by atoms with Gasteiger partial charge in [0, 0.05) is 7.05 Å². The number of anilines is 1. The second-order valence-electron chi connectivity index (χ2n) is 3.73. The van der Waals surface area contributed by atoms with Crippen LogP contribution in [0.15, 0.2) is 6.33 Å². The van der Waals surface area contributed by atoms with Gasteiger partial charge in [-0.05, 0) is 13.8 Å². The minimum Gasteiger partial charge on any atom is -0.490 e. The summed E-state index contributed by atoms with van der Waals surface area (Å²) < 4.78 is 6.99. The highest BCUT2D eigenvalue weighted by Crippen LogP contribution is 2.30. The number of rotatable bonds is 3. The van der Waals surface area contributed by atoms with Crippen LogP contribution in [0.3, 0.4) is 0 Å². The van der Waals surface area contributed by atoms with E-state index >= 15 is 0 Å². The quantitative estimate of drug-likeness (QED) is 0.921. The van der Waals surface area contributed by atoms with Crippen molar-refractivity contribution in [3.63, 3.8) is 0 Å². The second-order valence-corrected chi connectivity index (χ2v) is 4.10. The van der Waals surface area contributed by atoms with E-state index < -0.39 is 0 Å². The van der Waals surface area contributed by atoms with Crippen molar-refractivity contribution in [3.05, 3.63) is 22.7 Å². The Bertz CT molecular complexity index is 581. The van der Waals surface area contributed by atoms with Gasteiger partial charge in [0.2, 0.25) is 11.6 Å². The lowest BCUT2D eigenvalue weighted by molar-refractivity contribution is 0.409. The van der Waals surface area contributed by atoms with E-state index in [-0.39, 0.29) is 0 Å². The molecule has 0 aliphatic rings. The molecule has 0 fully saturated rings. The normalized spacial score (nSPS) is 10.5. The predicted octanol–water partition coefficient (Wildman–Crippen LogP) is 1.98. The summed E-state index contributed by atoms with van der Waals surface area (Å²) in [6, 6.07) is 0. The monoisotopic (exact) mass is 267 g/mol. The van der Waals surface area contributed by atoms with Gasteiger partial charge in [0.15, 0.2) is 5.82 Å². The van der Waals surface area contributed by atoms with Crippen LogP contribution in [0.2, 0.25) is 5.02 Å². The molecule has 2 aromatic heterocycles. The van der Waals surface area contributed by atoms with E-state index in [9.17, 15) is 0 Å². The van der Waals surface area contributed by atoms with Crippen molar-refractivity contribution in [2.24, 2.45) is 0 Å². The Balaban J connectivity index is 2.67. The predicted molar refractivity (Wildman–Crippen MR) is 69.7 cm³/mol. The molecule has 0 atom stereocenters. The van der Waals surface area contributed by atoms with Gasteiger partial charge < -0.3 is 10.1 Å². The van der Waals surface area contributed by atoms with Crippen molar-refractivity contribution < 1.29 is 4.74 Å². The summed E-state index contributed by atoms with van der Waals surface area (Å²) in [6.45, 7) is 3.72. The molecule has 0 aliphatic carbocycles. The first-order valence-electron chi connectivity index (χ1n) is 5.39. The Morgan fingerprint density at radius 1 is 1.33 bits per heavy atom. The minimum atomic E-state index is 0.530. The molecule has 0 radical (unpaired) electrons. The molecule has 0 bridgehead atoms. The average Bonchev–Trinajstić information content (AvgIpc) is 2.65. The number of hydrogen-bond acceptors (Lipinski definition) is 5. The van der Waals surface area contributed by atoms with E-state index in [1.54, 1.807) is 18.8 Å². The SMILES string of the molecule is CNc1ncnc(-n2nc(C)c(Cl)c2C)c1OC. The van der Waals surface area contributed by atoms with Crippen LogP contribution in [0.25, 0.3) is 5.82 Å². The zero-order valence-electron chi connectivity index (χ0n) is 10.7. The van der Waals surface area contributed by atoms with Crippen molar-refractivity contribution in [1.29, 1.82) is 0 Å². The summed E-state index contributed by atoms with van der Waals surface area (Å²) in [7, 11) is 3.33. The number of aromatic nitrogens is 4. The first kappa shape index (κ1) is 12.6. The Hall–Kier alpha value is -1.82. The van der Waals surface area contributed by atoms with Gasteiger partial charge in [-0.2, -0.15) is 5.10 Å². The highest BCUT2D eigenvalue weighted by molar-refractivity contribution is 6.31. The third-order valence-electron chi connectivity index (χ3n) is 2.63. The zero-order valence-corrected chi connectivity index (χ0v) is 11.4. The van der Waals surface area contributed by atoms with Crippen LogP contribution in [0, 0.1) is 13.8 Å². The maximum Gasteiger partial charge on any atom is 0.206 e. The van der Waals surface area contributed by atoms with Crippen molar-refractivity contribution in [2.75, 3.05) is 19.5 Å². The maximum atomic E-state index is 6.13. The largest absolute Gasteiger partial charge is 0.490 e. The molecule has 0 saturated heterocycles. The van der Waals surface area contributed by atoms with Gasteiger partial charge in [-0.25, -0.2) is 14.6 Å². The lowest BCUT2D eigenvalue weighted by Gasteiger charge is -2.11. The molecule has 2 aromatic rings. The van der Waals surface area contributed by atoms with Gasteiger partial charge in [-0.3, -0.25) is 0 Å². The Kier molecular flexibility index (Phi) is 3.38. The molecule has 0 saturated carbocycles. The molecule has 0 aromatic carbocycles. The first-order chi connectivity index (χ1) is 8.60. The lowest BCUT2D eigenvalue weighted by Crippen LogP contribution is -2.08. The third kappa shape index (κ3) is 1.88. The van der Waals surface area contributed by atoms with Gasteiger partial charge in [0.1, 0.15) is 6.33 Å². The fourth-order valence-electron chi connectivity index (χ4n) is 1.71. The van der Waals surface area contributed by atoms with Gasteiger partial charge in [0.25, 0.3) is 0 Å². The molecule has 1 N–H and O–H groups in total. The molecular weight excluding hydrogens is 254 g/mol. The summed E-state index contributed by atoms with van der Waals surface area (Å²) in [5, 5.41) is 7.92. The average molecular weight is 268 g/mol. The van der Waals surface area contributed by atoms with E-state index in [1.165, 1.54) is 6.33 Å². The smallest absolute Gasteiger partial charge is 0.206 e. The lowest BCUT2D eigenvalue weighted by atomic mass is 10.4. The van der Waals surface area contributed by atoms with E-state index in [4.69, 9.17) is 16.3 Å². The van der Waals surface area contributed by atoms with E-state index in [2.05, 4.69) is 20.4 Å². The van der Waals surface area contributed by atoms with E-state index in [0.29, 0.717) is 22.4 Å². The molecule has 7 heteroatoms. The van der Waals surface area contributed by atoms with Crippen molar-refractivity contribution in [2.45, 2.75) is 13.8 Å². The zero-order chi connectivity index (χ0) is 13.3. The van der Waals surface area contributed by atoms with E-state index in [1.807, 2.05) is 13.8 Å². The molecule has 2 rings (SSSR count). The molecule has 18 heavy (non-hydrogen) atoms. The molecule has 0 amide bonds. The highest BCUT2D eigenvalue weighted by atomic mass is 35.5. The van der Waals surface area contributed by atoms with Gasteiger partial charge in [-0.1, -0.05) is 11.6 Å². The second kappa shape index (κ2) is 4.81. The Morgan fingerprint density at radius 2 is 2.06 bits per heavy atom. The summed E-state index contributed by atoms with van der Waals surface area (Å²) in [6.07, 6.45) is 1.45. The molecule has 6 nitrogen and oxygen atoms in total. The van der Waals surface area contributed by atoms with Crippen molar-refractivity contribution in [1.82, 2.24) is 19.7 Å². The van der Waals surface area contributed by atoms with Crippen LogP contribution in [-0.2, 0) is 0 Å². The number of nitrogens with one attached hydrogen (secondary N) is 1. The summed E-state index contributed by atoms with van der Waals surface area (Å²) in [5.74, 6) is 1.69. The van der Waals surface area contributed by atoms with Gasteiger partial charge in [-0.15, -0.1) is 0 Å². The van der Waals surface area contributed by atoms with Crippen LogP contribution in [0.5, 0.6) is 5.75 Å². The standard InChI is InChI=1S/C11H14ClN5O/c1-6-8(12)7(2)17(16-6)11-9(18-4)10(13-3)14-5-15-11/h5H,1-4H3,(H,13,14,15). The van der Waals surface area contributed by atoms with Crippen molar-refractivity contribution >= 4 is 17.4 Å². The van der Waals surface area contributed by atoms with Crippen LogP contribution in [-0.4, -0.2) is 33.9 Å². The first-order valence-corrected chi connectivity index (χ1v) is 5.76. The van der Waals surface area contributed by atoms with Crippen molar-refractivity contribution in [3.8, 4) is 11.6 Å². The summed E-state index contributed by atoms with van der Waals surface area (Å²) >= 11 is 6.13. The number of nitrogens with zero attached hydrogens (tertiary/aromatic N) is 4. The fraction of sp³-hybridized carbons (Fsp3) is 0.364. The van der Waals surface area contributed by atoms with Crippen LogP contribution < -0.4 is 10.1 Å². The van der Waals surface area contributed by atoms with Crippen LogP contribution >= 0.6 is 11.6 Å². The van der Waals surface area contributed by atoms with E-state index in [0.717, 1.165) is 11.4 Å².